The monoisotopic (exact) mass is 419 g/mol. The standard InChI is InChI=1S/C24H30ClNO.ClH/c1-3-5-14-26(15-6-4-2)17-24(27)21-13-9-12-19-18-10-7-8-11-20(18)23(25)16-22(19)21;/h7-13,16,24,27H,3-6,14-15,17H2,1-2H3;1H. The smallest absolute Gasteiger partial charge is 0.0922 e. The van der Waals surface area contributed by atoms with E-state index in [0.29, 0.717) is 6.54 Å². The van der Waals surface area contributed by atoms with E-state index in [9.17, 15) is 5.11 Å². The zero-order chi connectivity index (χ0) is 19.2. The minimum Gasteiger partial charge on any atom is -0.387 e. The van der Waals surface area contributed by atoms with Gasteiger partial charge in [-0.25, -0.2) is 0 Å². The molecule has 0 aliphatic rings. The molecule has 0 aliphatic heterocycles. The zero-order valence-corrected chi connectivity index (χ0v) is 18.4. The Bertz CT molecular complexity index is 888. The highest BCUT2D eigenvalue weighted by molar-refractivity contribution is 6.37. The molecule has 3 aromatic rings. The quantitative estimate of drug-likeness (QED) is 0.377. The molecule has 0 heterocycles. The van der Waals surface area contributed by atoms with Crippen LogP contribution in [0.3, 0.4) is 0 Å². The van der Waals surface area contributed by atoms with E-state index in [1.165, 1.54) is 25.7 Å². The predicted octanol–water partition coefficient (Wildman–Crippen LogP) is 7.00. The molecule has 2 nitrogen and oxygen atoms in total. The van der Waals surface area contributed by atoms with Crippen LogP contribution in [0.4, 0.5) is 0 Å². The Morgan fingerprint density at radius 2 is 1.43 bits per heavy atom. The second-order valence-electron chi connectivity index (χ2n) is 7.37. The van der Waals surface area contributed by atoms with Gasteiger partial charge in [-0.1, -0.05) is 80.8 Å². The highest BCUT2D eigenvalue weighted by Gasteiger charge is 2.17. The van der Waals surface area contributed by atoms with Gasteiger partial charge in [0, 0.05) is 17.0 Å². The Labute approximate surface area is 179 Å². The minimum atomic E-state index is -0.514. The van der Waals surface area contributed by atoms with E-state index >= 15 is 0 Å². The number of hydrogen-bond donors (Lipinski definition) is 1. The van der Waals surface area contributed by atoms with Gasteiger partial charge < -0.3 is 10.0 Å². The lowest BCUT2D eigenvalue weighted by molar-refractivity contribution is 0.112. The predicted molar refractivity (Wildman–Crippen MR) is 125 cm³/mol. The third kappa shape index (κ3) is 5.18. The zero-order valence-electron chi connectivity index (χ0n) is 16.8. The van der Waals surface area contributed by atoms with Gasteiger partial charge in [0.1, 0.15) is 0 Å². The van der Waals surface area contributed by atoms with Crippen molar-refractivity contribution in [3.05, 3.63) is 59.1 Å². The van der Waals surface area contributed by atoms with Crippen molar-refractivity contribution in [1.29, 1.82) is 0 Å². The molecule has 152 valence electrons. The summed E-state index contributed by atoms with van der Waals surface area (Å²) >= 11 is 6.56. The van der Waals surface area contributed by atoms with Crippen LogP contribution in [0.2, 0.25) is 5.02 Å². The molecule has 0 fully saturated rings. The molecular formula is C24H31Cl2NO. The van der Waals surface area contributed by atoms with Gasteiger partial charge in [-0.3, -0.25) is 0 Å². The van der Waals surface area contributed by atoms with Gasteiger partial charge in [-0.2, -0.15) is 0 Å². The maximum Gasteiger partial charge on any atom is 0.0922 e. The first kappa shape index (κ1) is 23.0. The SMILES string of the molecule is CCCCN(CCCC)CC(O)c1cccc2c1cc(Cl)c1ccccc12.Cl. The molecule has 3 rings (SSSR count). The summed E-state index contributed by atoms with van der Waals surface area (Å²) in [6, 6.07) is 16.4. The van der Waals surface area contributed by atoms with Crippen LogP contribution in [-0.4, -0.2) is 29.6 Å². The number of hydrogen-bond acceptors (Lipinski definition) is 2. The first-order valence-electron chi connectivity index (χ1n) is 10.2. The molecule has 0 aliphatic carbocycles. The lowest BCUT2D eigenvalue weighted by Gasteiger charge is -2.26. The number of rotatable bonds is 9. The van der Waals surface area contributed by atoms with E-state index in [1.807, 2.05) is 30.3 Å². The van der Waals surface area contributed by atoms with Crippen LogP contribution in [0.1, 0.15) is 51.2 Å². The highest BCUT2D eigenvalue weighted by Crippen LogP contribution is 2.35. The normalized spacial score (nSPS) is 12.5. The Kier molecular flexibility index (Phi) is 9.04. The van der Waals surface area contributed by atoms with Crippen LogP contribution in [-0.2, 0) is 0 Å². The molecule has 1 unspecified atom stereocenters. The van der Waals surface area contributed by atoms with E-state index < -0.39 is 6.10 Å². The Balaban J connectivity index is 0.00000280. The summed E-state index contributed by atoms with van der Waals surface area (Å²) in [4.78, 5) is 2.40. The number of fused-ring (bicyclic) bond motifs is 3. The number of nitrogens with zero attached hydrogens (tertiary/aromatic N) is 1. The summed E-state index contributed by atoms with van der Waals surface area (Å²) in [6.07, 6.45) is 4.17. The number of unbranched alkanes of at least 4 members (excludes halogenated alkanes) is 2. The summed E-state index contributed by atoms with van der Waals surface area (Å²) in [5.74, 6) is 0. The average molecular weight is 420 g/mol. The third-order valence-electron chi connectivity index (χ3n) is 5.33. The van der Waals surface area contributed by atoms with Crippen molar-refractivity contribution >= 4 is 45.6 Å². The molecule has 0 amide bonds. The molecule has 0 bridgehead atoms. The van der Waals surface area contributed by atoms with Crippen molar-refractivity contribution in [3.8, 4) is 0 Å². The van der Waals surface area contributed by atoms with Crippen molar-refractivity contribution in [2.75, 3.05) is 19.6 Å². The molecule has 1 atom stereocenters. The van der Waals surface area contributed by atoms with E-state index in [2.05, 4.69) is 36.9 Å². The maximum atomic E-state index is 11.1. The third-order valence-corrected chi connectivity index (χ3v) is 5.64. The van der Waals surface area contributed by atoms with Crippen LogP contribution in [0.5, 0.6) is 0 Å². The first-order chi connectivity index (χ1) is 13.2. The molecule has 0 aromatic heterocycles. The second kappa shape index (κ2) is 11.0. The average Bonchev–Trinajstić information content (AvgIpc) is 2.69. The lowest BCUT2D eigenvalue weighted by Crippen LogP contribution is -2.30. The fourth-order valence-corrected chi connectivity index (χ4v) is 4.07. The molecule has 0 saturated heterocycles. The molecule has 4 heteroatoms. The molecule has 1 N–H and O–H groups in total. The Hall–Kier alpha value is -1.32. The summed E-state index contributed by atoms with van der Waals surface area (Å²) in [5, 5.41) is 16.2. The van der Waals surface area contributed by atoms with E-state index in [-0.39, 0.29) is 12.4 Å². The largest absolute Gasteiger partial charge is 0.387 e. The Morgan fingerprint density at radius 3 is 2.07 bits per heavy atom. The van der Waals surface area contributed by atoms with E-state index in [0.717, 1.165) is 45.2 Å². The highest BCUT2D eigenvalue weighted by atomic mass is 35.5. The molecule has 0 saturated carbocycles. The van der Waals surface area contributed by atoms with Crippen molar-refractivity contribution in [2.24, 2.45) is 0 Å². The van der Waals surface area contributed by atoms with E-state index in [4.69, 9.17) is 11.6 Å². The molecule has 0 spiro atoms. The van der Waals surface area contributed by atoms with Gasteiger partial charge in [-0.05, 0) is 53.7 Å². The molecule has 3 aromatic carbocycles. The van der Waals surface area contributed by atoms with Crippen molar-refractivity contribution in [3.63, 3.8) is 0 Å². The molecule has 28 heavy (non-hydrogen) atoms. The summed E-state index contributed by atoms with van der Waals surface area (Å²) in [5.41, 5.74) is 0.971. The molecular weight excluding hydrogens is 389 g/mol. The molecule has 0 radical (unpaired) electrons. The van der Waals surface area contributed by atoms with Crippen LogP contribution < -0.4 is 0 Å². The summed E-state index contributed by atoms with van der Waals surface area (Å²) < 4.78 is 0. The van der Waals surface area contributed by atoms with Gasteiger partial charge in [0.15, 0.2) is 0 Å². The fourth-order valence-electron chi connectivity index (χ4n) is 3.80. The van der Waals surface area contributed by atoms with Gasteiger partial charge in [0.05, 0.1) is 6.10 Å². The van der Waals surface area contributed by atoms with Gasteiger partial charge >= 0.3 is 0 Å². The summed E-state index contributed by atoms with van der Waals surface area (Å²) in [6.45, 7) is 7.19. The second-order valence-corrected chi connectivity index (χ2v) is 7.78. The van der Waals surface area contributed by atoms with Crippen LogP contribution in [0.25, 0.3) is 21.5 Å². The number of aliphatic hydroxyl groups excluding tert-OH is 1. The lowest BCUT2D eigenvalue weighted by atomic mass is 9.95. The number of benzene rings is 3. The van der Waals surface area contributed by atoms with Crippen LogP contribution >= 0.6 is 24.0 Å². The fraction of sp³-hybridized carbons (Fsp3) is 0.417. The minimum absolute atomic E-state index is 0. The first-order valence-corrected chi connectivity index (χ1v) is 10.5. The van der Waals surface area contributed by atoms with Crippen molar-refractivity contribution < 1.29 is 5.11 Å². The van der Waals surface area contributed by atoms with Crippen LogP contribution in [0, 0.1) is 0 Å². The van der Waals surface area contributed by atoms with Crippen LogP contribution in [0.15, 0.2) is 48.5 Å². The summed E-state index contributed by atoms with van der Waals surface area (Å²) in [7, 11) is 0. The number of aliphatic hydroxyl groups is 1. The van der Waals surface area contributed by atoms with Gasteiger partial charge in [0.25, 0.3) is 0 Å². The number of halogens is 2. The van der Waals surface area contributed by atoms with Crippen molar-refractivity contribution in [2.45, 2.75) is 45.6 Å². The topological polar surface area (TPSA) is 23.5 Å². The van der Waals surface area contributed by atoms with Gasteiger partial charge in [0.2, 0.25) is 0 Å². The van der Waals surface area contributed by atoms with E-state index in [1.54, 1.807) is 0 Å². The Morgan fingerprint density at radius 1 is 0.857 bits per heavy atom. The van der Waals surface area contributed by atoms with Gasteiger partial charge in [-0.15, -0.1) is 12.4 Å². The maximum absolute atomic E-state index is 11.1. The van der Waals surface area contributed by atoms with Crippen molar-refractivity contribution in [1.82, 2.24) is 4.90 Å².